The van der Waals surface area contributed by atoms with E-state index in [2.05, 4.69) is 0 Å². The van der Waals surface area contributed by atoms with Crippen LogP contribution >= 0.6 is 0 Å². The van der Waals surface area contributed by atoms with Crippen LogP contribution in [0.25, 0.3) is 0 Å². The van der Waals surface area contributed by atoms with Crippen LogP contribution in [0, 0.1) is 27.4 Å². The third-order valence-electron chi connectivity index (χ3n) is 3.73. The molecule has 0 radical (unpaired) electrons. The maximum Gasteiger partial charge on any atom is 0.290 e. The number of ether oxygens (including phenoxy) is 1. The number of nitro groups is 1. The van der Waals surface area contributed by atoms with Gasteiger partial charge in [-0.1, -0.05) is 13.0 Å². The molecule has 0 N–H and O–H groups in total. The molecule has 1 saturated heterocycles. The SMILES string of the molecule is CCC(=O)N1CCC(COc2cccc([N+](=O)[O-])c2C#N)C1. The monoisotopic (exact) mass is 303 g/mol. The number of carbonyl (C=O) groups is 1. The van der Waals surface area contributed by atoms with Crippen molar-refractivity contribution < 1.29 is 14.5 Å². The second-order valence-electron chi connectivity index (χ2n) is 5.18. The Labute approximate surface area is 128 Å². The molecule has 7 nitrogen and oxygen atoms in total. The van der Waals surface area contributed by atoms with Crippen LogP contribution < -0.4 is 4.74 Å². The molecule has 0 bridgehead atoms. The van der Waals surface area contributed by atoms with Gasteiger partial charge in [0, 0.05) is 31.5 Å². The number of nitriles is 1. The molecule has 1 unspecified atom stereocenters. The molecular weight excluding hydrogens is 286 g/mol. The van der Waals surface area contributed by atoms with Gasteiger partial charge in [0.15, 0.2) is 5.56 Å². The highest BCUT2D eigenvalue weighted by molar-refractivity contribution is 5.76. The van der Waals surface area contributed by atoms with Crippen LogP contribution in [0.5, 0.6) is 5.75 Å². The van der Waals surface area contributed by atoms with E-state index >= 15 is 0 Å². The van der Waals surface area contributed by atoms with E-state index in [-0.39, 0.29) is 28.8 Å². The lowest BCUT2D eigenvalue weighted by atomic mass is 10.1. The van der Waals surface area contributed by atoms with Crippen LogP contribution in [0.15, 0.2) is 18.2 Å². The van der Waals surface area contributed by atoms with E-state index in [1.54, 1.807) is 11.0 Å². The summed E-state index contributed by atoms with van der Waals surface area (Å²) in [7, 11) is 0. The molecule has 1 heterocycles. The number of benzene rings is 1. The Morgan fingerprint density at radius 2 is 2.36 bits per heavy atom. The zero-order valence-electron chi connectivity index (χ0n) is 12.3. The van der Waals surface area contributed by atoms with Gasteiger partial charge in [-0.05, 0) is 12.5 Å². The minimum absolute atomic E-state index is 0.0630. The second-order valence-corrected chi connectivity index (χ2v) is 5.18. The Hall–Kier alpha value is -2.62. The smallest absolute Gasteiger partial charge is 0.290 e. The molecule has 0 aromatic heterocycles. The largest absolute Gasteiger partial charge is 0.492 e. The lowest BCUT2D eigenvalue weighted by molar-refractivity contribution is -0.385. The number of hydrogen-bond donors (Lipinski definition) is 0. The Balaban J connectivity index is 2.01. The van der Waals surface area contributed by atoms with Gasteiger partial charge >= 0.3 is 0 Å². The minimum atomic E-state index is -0.595. The van der Waals surface area contributed by atoms with Crippen LogP contribution in [0.1, 0.15) is 25.3 Å². The molecule has 1 amide bonds. The van der Waals surface area contributed by atoms with Gasteiger partial charge in [0.05, 0.1) is 11.5 Å². The van der Waals surface area contributed by atoms with Gasteiger partial charge < -0.3 is 9.64 Å². The van der Waals surface area contributed by atoms with Crippen molar-refractivity contribution in [1.82, 2.24) is 4.90 Å². The summed E-state index contributed by atoms with van der Waals surface area (Å²) >= 11 is 0. The van der Waals surface area contributed by atoms with Crippen molar-refractivity contribution >= 4 is 11.6 Å². The Bertz CT molecular complexity index is 624. The van der Waals surface area contributed by atoms with Crippen LogP contribution in [-0.2, 0) is 4.79 Å². The van der Waals surface area contributed by atoms with Crippen LogP contribution in [-0.4, -0.2) is 35.4 Å². The molecule has 7 heteroatoms. The molecule has 0 saturated carbocycles. The van der Waals surface area contributed by atoms with Gasteiger partial charge in [-0.3, -0.25) is 14.9 Å². The highest BCUT2D eigenvalue weighted by Gasteiger charge is 2.26. The Morgan fingerprint density at radius 3 is 3.00 bits per heavy atom. The molecule has 0 aliphatic carbocycles. The lowest BCUT2D eigenvalue weighted by Gasteiger charge is -2.16. The fourth-order valence-corrected chi connectivity index (χ4v) is 2.53. The molecule has 1 aliphatic rings. The van der Waals surface area contributed by atoms with Crippen LogP contribution in [0.4, 0.5) is 5.69 Å². The predicted molar refractivity (Wildman–Crippen MR) is 78.3 cm³/mol. The summed E-state index contributed by atoms with van der Waals surface area (Å²) in [6.07, 6.45) is 1.32. The van der Waals surface area contributed by atoms with Crippen molar-refractivity contribution in [2.45, 2.75) is 19.8 Å². The molecule has 1 atom stereocenters. The van der Waals surface area contributed by atoms with Crippen LogP contribution in [0.2, 0.25) is 0 Å². The summed E-state index contributed by atoms with van der Waals surface area (Å²) < 4.78 is 5.60. The molecule has 22 heavy (non-hydrogen) atoms. The number of likely N-dealkylation sites (tertiary alicyclic amines) is 1. The Kier molecular flexibility index (Phi) is 4.94. The highest BCUT2D eigenvalue weighted by Crippen LogP contribution is 2.28. The van der Waals surface area contributed by atoms with E-state index in [0.717, 1.165) is 6.42 Å². The standard InChI is InChI=1S/C15H17N3O4/c1-2-15(19)17-7-6-11(9-17)10-22-14-5-3-4-13(18(20)21)12(14)8-16/h3-5,11H,2,6-7,9-10H2,1H3. The van der Waals surface area contributed by atoms with E-state index in [9.17, 15) is 14.9 Å². The third kappa shape index (κ3) is 3.34. The molecule has 1 aromatic rings. The first-order chi connectivity index (χ1) is 10.6. The first kappa shape index (κ1) is 15.8. The normalized spacial score (nSPS) is 17.1. The summed E-state index contributed by atoms with van der Waals surface area (Å²) in [5.41, 5.74) is -0.318. The number of nitro benzene ring substituents is 1. The second kappa shape index (κ2) is 6.89. The molecule has 1 fully saturated rings. The number of amides is 1. The van der Waals surface area contributed by atoms with Gasteiger partial charge in [0.25, 0.3) is 5.69 Å². The summed E-state index contributed by atoms with van der Waals surface area (Å²) in [6.45, 7) is 3.50. The van der Waals surface area contributed by atoms with Gasteiger partial charge in [-0.25, -0.2) is 0 Å². The van der Waals surface area contributed by atoms with Gasteiger partial charge in [0.2, 0.25) is 5.91 Å². The van der Waals surface area contributed by atoms with Crippen LogP contribution in [0.3, 0.4) is 0 Å². The molecule has 1 aliphatic heterocycles. The van der Waals surface area contributed by atoms with Crippen molar-refractivity contribution in [3.05, 3.63) is 33.9 Å². The summed E-state index contributed by atoms with van der Waals surface area (Å²) in [5, 5.41) is 20.0. The predicted octanol–water partition coefficient (Wildman–Crippen LogP) is 2.10. The van der Waals surface area contributed by atoms with Crippen molar-refractivity contribution in [3.63, 3.8) is 0 Å². The Morgan fingerprint density at radius 1 is 1.59 bits per heavy atom. The van der Waals surface area contributed by atoms with Crippen molar-refractivity contribution in [1.29, 1.82) is 5.26 Å². The van der Waals surface area contributed by atoms with E-state index in [4.69, 9.17) is 10.00 Å². The van der Waals surface area contributed by atoms with Crippen molar-refractivity contribution in [3.8, 4) is 11.8 Å². The molecule has 116 valence electrons. The summed E-state index contributed by atoms with van der Waals surface area (Å²) in [5.74, 6) is 0.522. The zero-order chi connectivity index (χ0) is 16.1. The fraction of sp³-hybridized carbons (Fsp3) is 0.467. The highest BCUT2D eigenvalue weighted by atomic mass is 16.6. The molecule has 2 rings (SSSR count). The maximum atomic E-state index is 11.6. The molecular formula is C15H17N3O4. The van der Waals surface area contributed by atoms with Gasteiger partial charge in [-0.2, -0.15) is 5.26 Å². The number of carbonyl (C=O) groups excluding carboxylic acids is 1. The fourth-order valence-electron chi connectivity index (χ4n) is 2.53. The average Bonchev–Trinajstić information content (AvgIpc) is 3.00. The summed E-state index contributed by atoms with van der Waals surface area (Å²) in [6, 6.07) is 6.15. The first-order valence-electron chi connectivity index (χ1n) is 7.14. The van der Waals surface area contributed by atoms with Crippen molar-refractivity contribution in [2.24, 2.45) is 5.92 Å². The van der Waals surface area contributed by atoms with Crippen molar-refractivity contribution in [2.75, 3.05) is 19.7 Å². The molecule has 1 aromatic carbocycles. The number of rotatable bonds is 5. The zero-order valence-corrected chi connectivity index (χ0v) is 12.3. The first-order valence-corrected chi connectivity index (χ1v) is 7.14. The van der Waals surface area contributed by atoms with E-state index in [1.807, 2.05) is 13.0 Å². The van der Waals surface area contributed by atoms with E-state index in [1.165, 1.54) is 12.1 Å². The summed E-state index contributed by atoms with van der Waals surface area (Å²) in [4.78, 5) is 23.7. The quantitative estimate of drug-likeness (QED) is 0.613. The minimum Gasteiger partial charge on any atom is -0.492 e. The van der Waals surface area contributed by atoms with E-state index in [0.29, 0.717) is 26.1 Å². The average molecular weight is 303 g/mol. The van der Waals surface area contributed by atoms with Gasteiger partial charge in [0.1, 0.15) is 11.8 Å². The topological polar surface area (TPSA) is 96.5 Å². The number of hydrogen-bond acceptors (Lipinski definition) is 5. The third-order valence-corrected chi connectivity index (χ3v) is 3.73. The van der Waals surface area contributed by atoms with E-state index < -0.39 is 4.92 Å². The molecule has 0 spiro atoms. The lowest BCUT2D eigenvalue weighted by Crippen LogP contribution is -2.28. The maximum absolute atomic E-state index is 11.6. The number of nitrogens with zero attached hydrogens (tertiary/aromatic N) is 3. The van der Waals surface area contributed by atoms with Gasteiger partial charge in [-0.15, -0.1) is 0 Å².